The van der Waals surface area contributed by atoms with Gasteiger partial charge in [-0.25, -0.2) is 0 Å². The first-order valence-corrected chi connectivity index (χ1v) is 11.2. The standard InChI is InChI=1S/C28H30N2O3/c1-18(2)19-10-14-21(15-11-19)29(3)28(32)25-23-8-6-7-9-24(23)27(31)30(4)26(25)20-12-16-22(33-5)17-13-20/h6-18,25-26H,1-5H3. The maximum atomic E-state index is 14.0. The third-order valence-electron chi connectivity index (χ3n) is 6.58. The number of carbonyl (C=O) groups excluding carboxylic acids is 2. The molecule has 0 saturated heterocycles. The highest BCUT2D eigenvalue weighted by Crippen LogP contribution is 2.43. The molecule has 2 amide bonds. The second kappa shape index (κ2) is 9.10. The van der Waals surface area contributed by atoms with Crippen molar-refractivity contribution in [1.82, 2.24) is 4.90 Å². The molecule has 0 aliphatic carbocycles. The van der Waals surface area contributed by atoms with Gasteiger partial charge in [0.25, 0.3) is 5.91 Å². The van der Waals surface area contributed by atoms with E-state index in [4.69, 9.17) is 4.74 Å². The number of amides is 2. The fraction of sp³-hybridized carbons (Fsp3) is 0.286. The summed E-state index contributed by atoms with van der Waals surface area (Å²) in [6.07, 6.45) is 0. The molecule has 0 spiro atoms. The Bertz CT molecular complexity index is 1150. The summed E-state index contributed by atoms with van der Waals surface area (Å²) in [6, 6.07) is 22.7. The van der Waals surface area contributed by atoms with Gasteiger partial charge >= 0.3 is 0 Å². The third-order valence-corrected chi connectivity index (χ3v) is 6.58. The number of carbonyl (C=O) groups is 2. The van der Waals surface area contributed by atoms with Crippen LogP contribution in [0.3, 0.4) is 0 Å². The number of hydrogen-bond donors (Lipinski definition) is 0. The van der Waals surface area contributed by atoms with E-state index in [-0.39, 0.29) is 11.8 Å². The van der Waals surface area contributed by atoms with E-state index in [1.807, 2.05) is 54.6 Å². The molecule has 0 fully saturated rings. The van der Waals surface area contributed by atoms with Crippen molar-refractivity contribution in [2.75, 3.05) is 26.1 Å². The van der Waals surface area contributed by atoms with Crippen LogP contribution in [0.5, 0.6) is 5.75 Å². The summed E-state index contributed by atoms with van der Waals surface area (Å²) in [6.45, 7) is 4.30. The largest absolute Gasteiger partial charge is 0.497 e. The second-order valence-corrected chi connectivity index (χ2v) is 8.84. The molecule has 2 unspecified atom stereocenters. The van der Waals surface area contributed by atoms with Crippen molar-refractivity contribution >= 4 is 17.5 Å². The van der Waals surface area contributed by atoms with Crippen molar-refractivity contribution in [2.45, 2.75) is 31.7 Å². The molecule has 1 heterocycles. The van der Waals surface area contributed by atoms with Crippen LogP contribution in [0.4, 0.5) is 5.69 Å². The molecule has 3 aromatic carbocycles. The molecule has 33 heavy (non-hydrogen) atoms. The van der Waals surface area contributed by atoms with Gasteiger partial charge in [0, 0.05) is 25.3 Å². The number of fused-ring (bicyclic) bond motifs is 1. The lowest BCUT2D eigenvalue weighted by Crippen LogP contribution is -2.46. The van der Waals surface area contributed by atoms with Crippen LogP contribution in [0.15, 0.2) is 72.8 Å². The molecular weight excluding hydrogens is 412 g/mol. The van der Waals surface area contributed by atoms with Gasteiger partial charge in [-0.1, -0.05) is 56.3 Å². The first-order chi connectivity index (χ1) is 15.8. The smallest absolute Gasteiger partial charge is 0.254 e. The fourth-order valence-electron chi connectivity index (χ4n) is 4.58. The topological polar surface area (TPSA) is 49.9 Å². The minimum absolute atomic E-state index is 0.0556. The zero-order valence-electron chi connectivity index (χ0n) is 19.8. The molecule has 5 nitrogen and oxygen atoms in total. The van der Waals surface area contributed by atoms with Crippen LogP contribution in [0.2, 0.25) is 0 Å². The fourth-order valence-corrected chi connectivity index (χ4v) is 4.58. The quantitative estimate of drug-likeness (QED) is 0.532. The number of hydrogen-bond acceptors (Lipinski definition) is 3. The maximum absolute atomic E-state index is 14.0. The van der Waals surface area contributed by atoms with Crippen LogP contribution in [-0.2, 0) is 4.79 Å². The summed E-state index contributed by atoms with van der Waals surface area (Å²) in [4.78, 5) is 30.6. The molecule has 4 rings (SSSR count). The predicted molar refractivity (Wildman–Crippen MR) is 131 cm³/mol. The van der Waals surface area contributed by atoms with Crippen LogP contribution in [0.1, 0.15) is 58.8 Å². The van der Waals surface area contributed by atoms with E-state index in [1.54, 1.807) is 37.1 Å². The van der Waals surface area contributed by atoms with Crippen molar-refractivity contribution in [3.8, 4) is 5.75 Å². The molecule has 0 aromatic heterocycles. The summed E-state index contributed by atoms with van der Waals surface area (Å²) < 4.78 is 5.30. The van der Waals surface area contributed by atoms with Crippen molar-refractivity contribution in [1.29, 1.82) is 0 Å². The van der Waals surface area contributed by atoms with E-state index in [2.05, 4.69) is 26.0 Å². The number of benzene rings is 3. The van der Waals surface area contributed by atoms with E-state index in [0.29, 0.717) is 11.5 Å². The number of methoxy groups -OCH3 is 1. The molecular formula is C28H30N2O3. The third kappa shape index (κ3) is 4.11. The number of rotatable bonds is 5. The summed E-state index contributed by atoms with van der Waals surface area (Å²) in [7, 11) is 5.19. The first kappa shape index (κ1) is 22.6. The minimum Gasteiger partial charge on any atom is -0.497 e. The summed E-state index contributed by atoms with van der Waals surface area (Å²) in [5.74, 6) is 0.477. The Hall–Kier alpha value is -3.60. The Morgan fingerprint density at radius 2 is 1.61 bits per heavy atom. The van der Waals surface area contributed by atoms with E-state index >= 15 is 0 Å². The zero-order valence-corrected chi connectivity index (χ0v) is 19.8. The molecule has 0 radical (unpaired) electrons. The highest BCUT2D eigenvalue weighted by atomic mass is 16.5. The lowest BCUT2D eigenvalue weighted by atomic mass is 9.79. The lowest BCUT2D eigenvalue weighted by Gasteiger charge is -2.41. The van der Waals surface area contributed by atoms with E-state index in [0.717, 1.165) is 22.6 Å². The average Bonchev–Trinajstić information content (AvgIpc) is 2.85. The highest BCUT2D eigenvalue weighted by molar-refractivity contribution is 6.05. The zero-order chi connectivity index (χ0) is 23.7. The predicted octanol–water partition coefficient (Wildman–Crippen LogP) is 5.39. The van der Waals surface area contributed by atoms with Crippen molar-refractivity contribution < 1.29 is 14.3 Å². The van der Waals surface area contributed by atoms with Gasteiger partial charge in [-0.15, -0.1) is 0 Å². The lowest BCUT2D eigenvalue weighted by molar-refractivity contribution is -0.121. The van der Waals surface area contributed by atoms with Gasteiger partial charge < -0.3 is 14.5 Å². The van der Waals surface area contributed by atoms with Crippen LogP contribution in [-0.4, -0.2) is 37.9 Å². The highest BCUT2D eigenvalue weighted by Gasteiger charge is 2.43. The van der Waals surface area contributed by atoms with E-state index in [1.165, 1.54) is 5.56 Å². The molecule has 0 N–H and O–H groups in total. The summed E-state index contributed by atoms with van der Waals surface area (Å²) >= 11 is 0. The normalized spacial score (nSPS) is 17.6. The number of likely N-dealkylation sites (N-methyl/N-ethyl adjacent to an activating group) is 2. The summed E-state index contributed by atoms with van der Waals surface area (Å²) in [5.41, 5.74) is 4.28. The Balaban J connectivity index is 1.78. The van der Waals surface area contributed by atoms with Gasteiger partial charge in [0.1, 0.15) is 5.75 Å². The van der Waals surface area contributed by atoms with E-state index in [9.17, 15) is 9.59 Å². The number of ether oxygens (including phenoxy) is 1. The molecule has 3 aromatic rings. The van der Waals surface area contributed by atoms with Crippen molar-refractivity contribution in [3.05, 3.63) is 95.1 Å². The van der Waals surface area contributed by atoms with Gasteiger partial charge in [-0.3, -0.25) is 9.59 Å². The Morgan fingerprint density at radius 3 is 2.21 bits per heavy atom. The summed E-state index contributed by atoms with van der Waals surface area (Å²) in [5, 5.41) is 0. The first-order valence-electron chi connectivity index (χ1n) is 11.2. The number of anilines is 1. The Labute approximate surface area is 195 Å². The Kier molecular flexibility index (Phi) is 6.23. The SMILES string of the molecule is COc1ccc(C2C(C(=O)N(C)c3ccc(C(C)C)cc3)c3ccccc3C(=O)N2C)cc1. The van der Waals surface area contributed by atoms with Gasteiger partial charge in [-0.05, 0) is 52.9 Å². The molecule has 2 atom stereocenters. The van der Waals surface area contributed by atoms with Gasteiger partial charge in [0.15, 0.2) is 0 Å². The van der Waals surface area contributed by atoms with Gasteiger partial charge in [0.2, 0.25) is 5.91 Å². The van der Waals surface area contributed by atoms with E-state index < -0.39 is 12.0 Å². The van der Waals surface area contributed by atoms with Gasteiger partial charge in [-0.2, -0.15) is 0 Å². The second-order valence-electron chi connectivity index (χ2n) is 8.84. The molecule has 1 aliphatic rings. The Morgan fingerprint density at radius 1 is 0.970 bits per heavy atom. The van der Waals surface area contributed by atoms with Crippen molar-refractivity contribution in [3.63, 3.8) is 0 Å². The molecule has 1 aliphatic heterocycles. The molecule has 5 heteroatoms. The van der Waals surface area contributed by atoms with Crippen LogP contribution >= 0.6 is 0 Å². The van der Waals surface area contributed by atoms with Crippen molar-refractivity contribution in [2.24, 2.45) is 0 Å². The average molecular weight is 443 g/mol. The van der Waals surface area contributed by atoms with Crippen LogP contribution in [0.25, 0.3) is 0 Å². The van der Waals surface area contributed by atoms with Crippen LogP contribution < -0.4 is 9.64 Å². The molecule has 170 valence electrons. The minimum atomic E-state index is -0.535. The molecule has 0 saturated carbocycles. The maximum Gasteiger partial charge on any atom is 0.254 e. The monoisotopic (exact) mass is 442 g/mol. The molecule has 0 bridgehead atoms. The number of nitrogens with zero attached hydrogens (tertiary/aromatic N) is 2. The van der Waals surface area contributed by atoms with Crippen LogP contribution in [0, 0.1) is 0 Å². The van der Waals surface area contributed by atoms with Gasteiger partial charge in [0.05, 0.1) is 19.1 Å².